The summed E-state index contributed by atoms with van der Waals surface area (Å²) in [5.41, 5.74) is 8.53. The first-order valence-corrected chi connectivity index (χ1v) is 16.6. The normalized spacial score (nSPS) is 12.9. The molecular weight excluding hydrogens is 757 g/mol. The van der Waals surface area contributed by atoms with Crippen molar-refractivity contribution in [1.29, 1.82) is 0 Å². The van der Waals surface area contributed by atoms with Crippen molar-refractivity contribution in [1.82, 2.24) is 35.9 Å². The summed E-state index contributed by atoms with van der Waals surface area (Å²) in [5.74, 6) is -9.82. The predicted molar refractivity (Wildman–Crippen MR) is 185 cm³/mol. The number of hydrogen-bond donors (Lipinski definition) is 9. The molecular formula is C32H37F3N10O11. The van der Waals surface area contributed by atoms with Crippen LogP contribution in [-0.2, 0) is 35.3 Å². The Morgan fingerprint density at radius 2 is 1.34 bits per heavy atom. The molecule has 0 saturated carbocycles. The van der Waals surface area contributed by atoms with Gasteiger partial charge in [0.15, 0.2) is 11.2 Å². The molecule has 0 unspecified atom stereocenters. The molecule has 3 rings (SSSR count). The highest BCUT2D eigenvalue weighted by molar-refractivity contribution is 5.99. The van der Waals surface area contributed by atoms with Gasteiger partial charge in [0.1, 0.15) is 18.1 Å². The topological polar surface area (TPSA) is 343 Å². The number of rotatable bonds is 20. The lowest BCUT2D eigenvalue weighted by Crippen LogP contribution is -2.45. The fourth-order valence-electron chi connectivity index (χ4n) is 5.03. The van der Waals surface area contributed by atoms with E-state index >= 15 is 0 Å². The number of benzene rings is 1. The molecule has 0 radical (unpaired) electrons. The smallest absolute Gasteiger partial charge is 0.471 e. The molecule has 302 valence electrons. The molecule has 0 aliphatic heterocycles. The lowest BCUT2D eigenvalue weighted by Gasteiger charge is -2.24. The molecule has 0 aliphatic carbocycles. The average molecular weight is 795 g/mol. The van der Waals surface area contributed by atoms with E-state index in [1.54, 1.807) is 0 Å². The SMILES string of the molecule is NCCCC[C@H](NC(=O)CC[C@@H](NC(=O)CC[C@@H](NC(=O)c1ccc(N(Cc2cnc3nc(N)[nH]c(=O)c3n2)C(=O)C(F)(F)F)cc1)C(=O)O)C(=O)O)C(=O)O. The van der Waals surface area contributed by atoms with E-state index in [1.165, 1.54) is 0 Å². The molecule has 0 aliphatic rings. The van der Waals surface area contributed by atoms with Crippen molar-refractivity contribution in [2.45, 2.75) is 75.8 Å². The Labute approximate surface area is 313 Å². The Bertz CT molecular complexity index is 2010. The van der Waals surface area contributed by atoms with Crippen LogP contribution in [-0.4, -0.2) is 108 Å². The number of aromatic nitrogens is 4. The minimum absolute atomic E-state index is 0.0919. The third kappa shape index (κ3) is 12.7. The van der Waals surface area contributed by atoms with Crippen LogP contribution in [0.1, 0.15) is 61.0 Å². The van der Waals surface area contributed by atoms with Crippen molar-refractivity contribution in [3.05, 3.63) is 52.1 Å². The summed E-state index contributed by atoms with van der Waals surface area (Å²) in [5, 5.41) is 35.0. The number of nitrogen functional groups attached to an aromatic ring is 1. The number of fused-ring (bicyclic) bond motifs is 1. The maximum atomic E-state index is 13.6. The molecule has 21 nitrogen and oxygen atoms in total. The van der Waals surface area contributed by atoms with Crippen LogP contribution in [0.25, 0.3) is 11.2 Å². The number of carbonyl (C=O) groups is 7. The molecule has 1 aromatic carbocycles. The van der Waals surface area contributed by atoms with Crippen molar-refractivity contribution in [3.63, 3.8) is 0 Å². The number of carboxylic acids is 3. The molecule has 24 heteroatoms. The summed E-state index contributed by atoms with van der Waals surface area (Å²) in [6.07, 6.45) is -5.44. The molecule has 3 atom stereocenters. The molecule has 0 fully saturated rings. The average Bonchev–Trinajstić information content (AvgIpc) is 3.12. The van der Waals surface area contributed by atoms with Crippen molar-refractivity contribution in [2.75, 3.05) is 17.2 Å². The summed E-state index contributed by atoms with van der Waals surface area (Å²) in [6.45, 7) is -0.515. The number of anilines is 2. The molecule has 3 aromatic rings. The van der Waals surface area contributed by atoms with Crippen molar-refractivity contribution in [3.8, 4) is 0 Å². The predicted octanol–water partition coefficient (Wildman–Crippen LogP) is -0.598. The standard InChI is InChI=1S/C32H37F3N10O11/c33-32(34,35)30(56)45(14-16-13-38-24-23(39-16)26(49)44-31(37)43-24)17-6-4-15(5-7-17)25(48)42-20(29(54)55)9-11-22(47)41-19(28(52)53)8-10-21(46)40-18(27(50)51)3-1-2-12-36/h4-7,13,18-20H,1-3,8-12,14,36H2,(H,40,46)(H,41,47)(H,42,48)(H,50,51)(H,52,53)(H,54,55)(H3,37,38,43,44,49)/t18-,19+,20+/m0/s1. The highest BCUT2D eigenvalue weighted by Crippen LogP contribution is 2.26. The summed E-state index contributed by atoms with van der Waals surface area (Å²) < 4.78 is 40.7. The van der Waals surface area contributed by atoms with Gasteiger partial charge >= 0.3 is 30.0 Å². The number of nitrogens with two attached hydrogens (primary N) is 2. The number of carbonyl (C=O) groups excluding carboxylic acids is 4. The Morgan fingerprint density at radius 3 is 1.86 bits per heavy atom. The number of nitrogens with zero attached hydrogens (tertiary/aromatic N) is 4. The lowest BCUT2D eigenvalue weighted by atomic mass is 10.1. The third-order valence-corrected chi connectivity index (χ3v) is 7.87. The summed E-state index contributed by atoms with van der Waals surface area (Å²) in [4.78, 5) is 111. The molecule has 0 saturated heterocycles. The van der Waals surface area contributed by atoms with Crippen LogP contribution in [0.15, 0.2) is 35.3 Å². The fourth-order valence-corrected chi connectivity index (χ4v) is 5.03. The van der Waals surface area contributed by atoms with Gasteiger partial charge in [0.25, 0.3) is 11.5 Å². The molecule has 4 amide bonds. The fraction of sp³-hybridized carbons (Fsp3) is 0.406. The zero-order chi connectivity index (χ0) is 41.7. The number of hydrogen-bond acceptors (Lipinski definition) is 13. The van der Waals surface area contributed by atoms with E-state index in [4.69, 9.17) is 11.5 Å². The minimum Gasteiger partial charge on any atom is -0.480 e. The number of halogens is 3. The van der Waals surface area contributed by atoms with Crippen LogP contribution in [0.3, 0.4) is 0 Å². The first kappa shape index (κ1) is 43.7. The number of carboxylic acid groups (broad SMARTS) is 3. The van der Waals surface area contributed by atoms with Gasteiger partial charge < -0.3 is 42.7 Å². The maximum Gasteiger partial charge on any atom is 0.471 e. The van der Waals surface area contributed by atoms with E-state index in [2.05, 4.69) is 35.9 Å². The molecule has 0 bridgehead atoms. The van der Waals surface area contributed by atoms with E-state index in [9.17, 15) is 66.8 Å². The van der Waals surface area contributed by atoms with Gasteiger partial charge in [0.2, 0.25) is 17.8 Å². The first-order valence-electron chi connectivity index (χ1n) is 16.6. The second-order valence-corrected chi connectivity index (χ2v) is 12.1. The Hall–Kier alpha value is -6.72. The number of aromatic amines is 1. The number of unbranched alkanes of at least 4 members (excludes halogenated alkanes) is 1. The van der Waals surface area contributed by atoms with E-state index in [-0.39, 0.29) is 45.4 Å². The molecule has 11 N–H and O–H groups in total. The Balaban J connectivity index is 1.64. The largest absolute Gasteiger partial charge is 0.480 e. The quantitative estimate of drug-likeness (QED) is 0.0645. The van der Waals surface area contributed by atoms with Crippen molar-refractivity contribution < 1.29 is 62.1 Å². The first-order chi connectivity index (χ1) is 26.3. The van der Waals surface area contributed by atoms with Gasteiger partial charge in [-0.25, -0.2) is 24.4 Å². The number of H-pyrrole nitrogens is 1. The lowest BCUT2D eigenvalue weighted by molar-refractivity contribution is -0.170. The molecule has 2 heterocycles. The third-order valence-electron chi connectivity index (χ3n) is 7.87. The van der Waals surface area contributed by atoms with Gasteiger partial charge in [-0.3, -0.25) is 33.9 Å². The number of amides is 4. The van der Waals surface area contributed by atoms with Gasteiger partial charge in [-0.2, -0.15) is 18.2 Å². The summed E-state index contributed by atoms with van der Waals surface area (Å²) >= 11 is 0. The Kier molecular flexibility index (Phi) is 15.3. The molecule has 56 heavy (non-hydrogen) atoms. The molecule has 0 spiro atoms. The van der Waals surface area contributed by atoms with E-state index in [1.807, 2.05) is 0 Å². The number of aliphatic carboxylic acids is 3. The van der Waals surface area contributed by atoms with E-state index < -0.39 is 104 Å². The highest BCUT2D eigenvalue weighted by Gasteiger charge is 2.43. The van der Waals surface area contributed by atoms with Gasteiger partial charge in [-0.15, -0.1) is 0 Å². The van der Waals surface area contributed by atoms with E-state index in [0.29, 0.717) is 19.4 Å². The zero-order valence-electron chi connectivity index (χ0n) is 29.2. The number of nitrogens with one attached hydrogen (secondary N) is 4. The van der Waals surface area contributed by atoms with Crippen molar-refractivity contribution >= 4 is 64.3 Å². The van der Waals surface area contributed by atoms with Crippen LogP contribution in [0.5, 0.6) is 0 Å². The van der Waals surface area contributed by atoms with Crippen LogP contribution in [0.4, 0.5) is 24.8 Å². The zero-order valence-corrected chi connectivity index (χ0v) is 29.2. The number of alkyl halides is 3. The van der Waals surface area contributed by atoms with Gasteiger partial charge in [0, 0.05) is 24.1 Å². The summed E-state index contributed by atoms with van der Waals surface area (Å²) in [6, 6.07) is -0.654. The monoisotopic (exact) mass is 794 g/mol. The second-order valence-electron chi connectivity index (χ2n) is 12.1. The highest BCUT2D eigenvalue weighted by atomic mass is 19.4. The Morgan fingerprint density at radius 1 is 0.804 bits per heavy atom. The van der Waals surface area contributed by atoms with Gasteiger partial charge in [0.05, 0.1) is 18.4 Å². The van der Waals surface area contributed by atoms with Gasteiger partial charge in [-0.1, -0.05) is 0 Å². The minimum atomic E-state index is -5.37. The van der Waals surface area contributed by atoms with Crippen molar-refractivity contribution in [2.24, 2.45) is 5.73 Å². The van der Waals surface area contributed by atoms with Crippen LogP contribution >= 0.6 is 0 Å². The molecule has 2 aromatic heterocycles. The van der Waals surface area contributed by atoms with Gasteiger partial charge in [-0.05, 0) is 62.9 Å². The maximum absolute atomic E-state index is 13.6. The summed E-state index contributed by atoms with van der Waals surface area (Å²) in [7, 11) is 0. The second kappa shape index (κ2) is 19.6. The van der Waals surface area contributed by atoms with E-state index in [0.717, 1.165) is 30.5 Å². The van der Waals surface area contributed by atoms with Crippen LogP contribution < -0.4 is 37.9 Å². The van der Waals surface area contributed by atoms with Crippen LogP contribution in [0.2, 0.25) is 0 Å². The van der Waals surface area contributed by atoms with Crippen LogP contribution in [0, 0.1) is 0 Å².